The minimum Gasteiger partial charge on any atom is -0.372 e. The highest BCUT2D eigenvalue weighted by Gasteiger charge is 2.35. The quantitative estimate of drug-likeness (QED) is 0.473. The van der Waals surface area contributed by atoms with E-state index in [4.69, 9.17) is 23.2 Å². The highest BCUT2D eigenvalue weighted by molar-refractivity contribution is 8.00. The van der Waals surface area contributed by atoms with Gasteiger partial charge in [0.25, 0.3) is 0 Å². The average Bonchev–Trinajstić information content (AvgIpc) is 2.71. The van der Waals surface area contributed by atoms with Crippen LogP contribution in [0.4, 0.5) is 32.2 Å². The van der Waals surface area contributed by atoms with Crippen molar-refractivity contribution in [1.82, 2.24) is 9.78 Å². The maximum atomic E-state index is 12.8. The van der Waals surface area contributed by atoms with Crippen molar-refractivity contribution in [3.8, 4) is 5.69 Å². The zero-order valence-electron chi connectivity index (χ0n) is 12.5. The first-order chi connectivity index (χ1) is 11.3. The Morgan fingerprint density at radius 2 is 1.60 bits per heavy atom. The van der Waals surface area contributed by atoms with Crippen molar-refractivity contribution < 1.29 is 26.3 Å². The highest BCUT2D eigenvalue weighted by atomic mass is 35.5. The lowest BCUT2D eigenvalue weighted by Crippen LogP contribution is -2.09. The molecule has 0 amide bonds. The summed E-state index contributed by atoms with van der Waals surface area (Å²) in [6.45, 7) is 1.33. The van der Waals surface area contributed by atoms with Crippen LogP contribution in [0.1, 0.15) is 11.3 Å². The van der Waals surface area contributed by atoms with Gasteiger partial charge in [0, 0.05) is 7.05 Å². The first-order valence-corrected chi connectivity index (χ1v) is 8.02. The van der Waals surface area contributed by atoms with Crippen molar-refractivity contribution in [3.05, 3.63) is 33.4 Å². The van der Waals surface area contributed by atoms with Gasteiger partial charge in [-0.25, -0.2) is 4.68 Å². The van der Waals surface area contributed by atoms with E-state index in [-0.39, 0.29) is 22.1 Å². The van der Waals surface area contributed by atoms with Crippen LogP contribution in [0.15, 0.2) is 17.0 Å². The minimum absolute atomic E-state index is 0.0127. The summed E-state index contributed by atoms with van der Waals surface area (Å²) in [6.07, 6.45) is -4.67. The van der Waals surface area contributed by atoms with Gasteiger partial charge in [-0.15, -0.1) is 0 Å². The van der Waals surface area contributed by atoms with Gasteiger partial charge >= 0.3 is 11.7 Å². The Labute approximate surface area is 152 Å². The monoisotopic (exact) mass is 423 g/mol. The van der Waals surface area contributed by atoms with E-state index in [2.05, 4.69) is 10.4 Å². The Morgan fingerprint density at radius 1 is 1.08 bits per heavy atom. The summed E-state index contributed by atoms with van der Waals surface area (Å²) < 4.78 is 77.5. The number of alkyl halides is 6. The van der Waals surface area contributed by atoms with Gasteiger partial charge in [0.15, 0.2) is 0 Å². The van der Waals surface area contributed by atoms with E-state index in [1.54, 1.807) is 0 Å². The van der Waals surface area contributed by atoms with E-state index in [1.807, 2.05) is 0 Å². The highest BCUT2D eigenvalue weighted by Crippen LogP contribution is 2.45. The summed E-state index contributed by atoms with van der Waals surface area (Å²) in [6, 6.07) is 1.27. The maximum Gasteiger partial charge on any atom is 0.446 e. The summed E-state index contributed by atoms with van der Waals surface area (Å²) in [5.74, 6) is -0.0941. The van der Waals surface area contributed by atoms with Crippen LogP contribution in [0.2, 0.25) is 10.0 Å². The predicted molar refractivity (Wildman–Crippen MR) is 84.8 cm³/mol. The summed E-state index contributed by atoms with van der Waals surface area (Å²) in [4.78, 5) is -0.234. The number of anilines is 1. The van der Waals surface area contributed by atoms with Crippen LogP contribution < -0.4 is 5.32 Å². The number of thioether (sulfide) groups is 1. The van der Waals surface area contributed by atoms with Crippen molar-refractivity contribution in [2.45, 2.75) is 23.5 Å². The molecule has 0 fully saturated rings. The summed E-state index contributed by atoms with van der Waals surface area (Å²) >= 11 is 11.4. The molecule has 25 heavy (non-hydrogen) atoms. The summed E-state index contributed by atoms with van der Waals surface area (Å²) in [7, 11) is 1.35. The molecule has 0 atom stereocenters. The average molecular weight is 424 g/mol. The van der Waals surface area contributed by atoms with Crippen LogP contribution in [0.5, 0.6) is 0 Å². The normalized spacial score (nSPS) is 12.6. The van der Waals surface area contributed by atoms with Gasteiger partial charge in [-0.2, -0.15) is 31.4 Å². The number of benzene rings is 1. The van der Waals surface area contributed by atoms with Gasteiger partial charge in [0.1, 0.15) is 11.5 Å². The number of aryl methyl sites for hydroxylation is 1. The number of rotatable bonds is 3. The molecule has 12 heteroatoms. The van der Waals surface area contributed by atoms with Gasteiger partial charge < -0.3 is 5.32 Å². The Morgan fingerprint density at radius 3 is 2.00 bits per heavy atom. The van der Waals surface area contributed by atoms with Crippen LogP contribution in [-0.4, -0.2) is 22.3 Å². The number of nitrogens with zero attached hydrogens (tertiary/aromatic N) is 2. The summed E-state index contributed by atoms with van der Waals surface area (Å²) in [5.41, 5.74) is -5.79. The van der Waals surface area contributed by atoms with Gasteiger partial charge in [0.05, 0.1) is 26.2 Å². The van der Waals surface area contributed by atoms with E-state index in [9.17, 15) is 26.3 Å². The Kier molecular flexibility index (Phi) is 5.46. The number of halogens is 8. The fourth-order valence-corrected chi connectivity index (χ4v) is 3.42. The molecule has 0 unspecified atom stereocenters. The molecule has 0 aliphatic carbocycles. The summed E-state index contributed by atoms with van der Waals surface area (Å²) in [5, 5.41) is 5.68. The van der Waals surface area contributed by atoms with Crippen LogP contribution in [0, 0.1) is 6.92 Å². The predicted octanol–water partition coefficient (Wildman–Crippen LogP) is 6.16. The zero-order chi connectivity index (χ0) is 19.2. The second kappa shape index (κ2) is 6.81. The SMILES string of the molecule is CNc1c(SC(F)(F)F)c(C)nn1-c1c(Cl)cc(C(F)(F)F)cc1Cl. The van der Waals surface area contributed by atoms with Crippen LogP contribution in [0.3, 0.4) is 0 Å². The number of nitrogens with one attached hydrogen (secondary N) is 1. The standard InChI is InChI=1S/C13H9Cl2F6N3S/c1-5-10(25-13(19,20)21)11(22-2)24(23-5)9-7(14)3-6(4-8(9)15)12(16,17)18/h3-4,22H,1-2H3. The molecule has 1 aromatic carbocycles. The molecule has 2 aromatic rings. The largest absolute Gasteiger partial charge is 0.446 e. The van der Waals surface area contributed by atoms with Crippen molar-refractivity contribution in [2.24, 2.45) is 0 Å². The first-order valence-electron chi connectivity index (χ1n) is 6.45. The van der Waals surface area contributed by atoms with Gasteiger partial charge in [0.2, 0.25) is 0 Å². The Hall–Kier alpha value is -1.26. The third-order valence-corrected chi connectivity index (χ3v) is 4.52. The molecular formula is C13H9Cl2F6N3S. The molecule has 0 saturated heterocycles. The van der Waals surface area contributed by atoms with Gasteiger partial charge in [-0.1, -0.05) is 23.2 Å². The van der Waals surface area contributed by atoms with Crippen LogP contribution in [0.25, 0.3) is 5.69 Å². The van der Waals surface area contributed by atoms with Crippen molar-refractivity contribution >= 4 is 40.8 Å². The van der Waals surface area contributed by atoms with Crippen molar-refractivity contribution in [3.63, 3.8) is 0 Å². The lowest BCUT2D eigenvalue weighted by Gasteiger charge is -2.15. The molecule has 0 bridgehead atoms. The minimum atomic E-state index is -4.67. The van der Waals surface area contributed by atoms with Gasteiger partial charge in [-0.05, 0) is 30.8 Å². The molecule has 0 saturated carbocycles. The third kappa shape index (κ3) is 4.29. The third-order valence-electron chi connectivity index (χ3n) is 3.02. The van der Waals surface area contributed by atoms with E-state index in [0.29, 0.717) is 12.1 Å². The molecule has 0 radical (unpaired) electrons. The second-order valence-electron chi connectivity index (χ2n) is 4.76. The molecule has 1 heterocycles. The zero-order valence-corrected chi connectivity index (χ0v) is 14.8. The van der Waals surface area contributed by atoms with E-state index in [1.165, 1.54) is 14.0 Å². The molecule has 138 valence electrons. The topological polar surface area (TPSA) is 29.9 Å². The Balaban J connectivity index is 2.66. The van der Waals surface area contributed by atoms with E-state index in [0.717, 1.165) is 4.68 Å². The number of hydrogen-bond acceptors (Lipinski definition) is 3. The second-order valence-corrected chi connectivity index (χ2v) is 6.65. The molecule has 0 spiro atoms. The van der Waals surface area contributed by atoms with Gasteiger partial charge in [-0.3, -0.25) is 0 Å². The van der Waals surface area contributed by atoms with Crippen LogP contribution >= 0.6 is 35.0 Å². The Bertz CT molecular complexity index is 777. The lowest BCUT2D eigenvalue weighted by atomic mass is 10.2. The fourth-order valence-electron chi connectivity index (χ4n) is 2.06. The maximum absolute atomic E-state index is 12.8. The molecule has 1 N–H and O–H groups in total. The lowest BCUT2D eigenvalue weighted by molar-refractivity contribution is -0.137. The smallest absolute Gasteiger partial charge is 0.372 e. The molecule has 2 rings (SSSR count). The molecule has 1 aromatic heterocycles. The number of hydrogen-bond donors (Lipinski definition) is 1. The van der Waals surface area contributed by atoms with Crippen LogP contribution in [-0.2, 0) is 6.18 Å². The van der Waals surface area contributed by atoms with Crippen molar-refractivity contribution in [1.29, 1.82) is 0 Å². The van der Waals surface area contributed by atoms with E-state index >= 15 is 0 Å². The van der Waals surface area contributed by atoms with Crippen molar-refractivity contribution in [2.75, 3.05) is 12.4 Å². The number of aromatic nitrogens is 2. The molecule has 0 aliphatic rings. The molecular weight excluding hydrogens is 415 g/mol. The molecule has 3 nitrogen and oxygen atoms in total. The molecule has 0 aliphatic heterocycles. The fraction of sp³-hybridized carbons (Fsp3) is 0.308. The first kappa shape index (κ1) is 20.1. The van der Waals surface area contributed by atoms with E-state index < -0.39 is 39.1 Å².